The number of hydrogen-bond donors (Lipinski definition) is 1. The molecular formula is C16H18BrNO2. The average molecular weight is 336 g/mol. The van der Waals surface area contributed by atoms with Crippen LogP contribution in [0.25, 0.3) is 0 Å². The molecule has 0 fully saturated rings. The van der Waals surface area contributed by atoms with Crippen LogP contribution in [-0.4, -0.2) is 19.8 Å². The van der Waals surface area contributed by atoms with E-state index >= 15 is 0 Å². The van der Waals surface area contributed by atoms with Gasteiger partial charge in [-0.15, -0.1) is 0 Å². The zero-order chi connectivity index (χ0) is 14.2. The summed E-state index contributed by atoms with van der Waals surface area (Å²) in [5, 5.41) is 3.30. The van der Waals surface area contributed by atoms with Gasteiger partial charge < -0.3 is 14.8 Å². The molecule has 0 aromatic heterocycles. The molecule has 3 nitrogen and oxygen atoms in total. The molecule has 20 heavy (non-hydrogen) atoms. The molecule has 0 amide bonds. The van der Waals surface area contributed by atoms with Crippen molar-refractivity contribution in [2.45, 2.75) is 6.92 Å². The lowest BCUT2D eigenvalue weighted by Gasteiger charge is -2.09. The van der Waals surface area contributed by atoms with E-state index in [0.717, 1.165) is 28.2 Å². The highest BCUT2D eigenvalue weighted by molar-refractivity contribution is 9.10. The minimum Gasteiger partial charge on any atom is -0.494 e. The molecule has 1 N–H and O–H groups in total. The fourth-order valence-electron chi connectivity index (χ4n) is 1.73. The summed E-state index contributed by atoms with van der Waals surface area (Å²) in [5.41, 5.74) is 1.09. The van der Waals surface area contributed by atoms with Gasteiger partial charge in [0.05, 0.1) is 6.61 Å². The van der Waals surface area contributed by atoms with Crippen molar-refractivity contribution in [1.29, 1.82) is 0 Å². The van der Waals surface area contributed by atoms with Crippen molar-refractivity contribution in [2.75, 3.05) is 25.1 Å². The van der Waals surface area contributed by atoms with E-state index in [1.54, 1.807) is 0 Å². The summed E-state index contributed by atoms with van der Waals surface area (Å²) in [4.78, 5) is 0. The standard InChI is InChI=1S/C16H18BrNO2/c1-2-19-15-7-9-16(10-8-15)20-12-11-18-14-5-3-13(17)4-6-14/h3-10,18H,2,11-12H2,1H3. The Balaban J connectivity index is 1.71. The Hall–Kier alpha value is -1.68. The van der Waals surface area contributed by atoms with Gasteiger partial charge in [-0.1, -0.05) is 15.9 Å². The van der Waals surface area contributed by atoms with Crippen LogP contribution in [0.5, 0.6) is 11.5 Å². The Morgan fingerprint density at radius 3 is 2.10 bits per heavy atom. The maximum absolute atomic E-state index is 5.66. The van der Waals surface area contributed by atoms with Crippen molar-refractivity contribution in [3.8, 4) is 11.5 Å². The molecule has 106 valence electrons. The highest BCUT2D eigenvalue weighted by atomic mass is 79.9. The molecule has 4 heteroatoms. The number of halogens is 1. The second-order valence-electron chi connectivity index (χ2n) is 4.19. The van der Waals surface area contributed by atoms with Crippen molar-refractivity contribution in [3.63, 3.8) is 0 Å². The van der Waals surface area contributed by atoms with Crippen LogP contribution >= 0.6 is 15.9 Å². The van der Waals surface area contributed by atoms with Crippen molar-refractivity contribution in [2.24, 2.45) is 0 Å². The lowest BCUT2D eigenvalue weighted by atomic mass is 10.3. The maximum Gasteiger partial charge on any atom is 0.119 e. The Bertz CT molecular complexity index is 511. The van der Waals surface area contributed by atoms with Crippen molar-refractivity contribution in [1.82, 2.24) is 0 Å². The van der Waals surface area contributed by atoms with Crippen LogP contribution in [0.3, 0.4) is 0 Å². The largest absolute Gasteiger partial charge is 0.494 e. The molecular weight excluding hydrogens is 318 g/mol. The van der Waals surface area contributed by atoms with Crippen LogP contribution < -0.4 is 14.8 Å². The minimum atomic E-state index is 0.615. The molecule has 0 heterocycles. The third-order valence-corrected chi connectivity index (χ3v) is 3.21. The van der Waals surface area contributed by atoms with Gasteiger partial charge in [0.25, 0.3) is 0 Å². The zero-order valence-electron chi connectivity index (χ0n) is 11.4. The van der Waals surface area contributed by atoms with Gasteiger partial charge in [0.1, 0.15) is 18.1 Å². The quantitative estimate of drug-likeness (QED) is 0.763. The highest BCUT2D eigenvalue weighted by Gasteiger charge is 1.96. The van der Waals surface area contributed by atoms with E-state index in [1.165, 1.54) is 0 Å². The predicted molar refractivity (Wildman–Crippen MR) is 85.7 cm³/mol. The summed E-state index contributed by atoms with van der Waals surface area (Å²) in [6, 6.07) is 15.8. The zero-order valence-corrected chi connectivity index (χ0v) is 13.0. The second kappa shape index (κ2) is 7.80. The maximum atomic E-state index is 5.66. The van der Waals surface area contributed by atoms with E-state index in [-0.39, 0.29) is 0 Å². The minimum absolute atomic E-state index is 0.615. The van der Waals surface area contributed by atoms with Gasteiger partial charge in [-0.25, -0.2) is 0 Å². The fraction of sp³-hybridized carbons (Fsp3) is 0.250. The Morgan fingerprint density at radius 1 is 0.900 bits per heavy atom. The summed E-state index contributed by atoms with van der Waals surface area (Å²) >= 11 is 3.41. The van der Waals surface area contributed by atoms with Gasteiger partial charge in [0.2, 0.25) is 0 Å². The normalized spacial score (nSPS) is 10.1. The molecule has 2 aromatic rings. The molecule has 0 atom stereocenters. The van der Waals surface area contributed by atoms with Crippen LogP contribution in [0.1, 0.15) is 6.92 Å². The lowest BCUT2D eigenvalue weighted by molar-refractivity contribution is 0.326. The molecule has 0 radical (unpaired) electrons. The monoisotopic (exact) mass is 335 g/mol. The number of ether oxygens (including phenoxy) is 2. The summed E-state index contributed by atoms with van der Waals surface area (Å²) in [7, 11) is 0. The van der Waals surface area contributed by atoms with E-state index in [1.807, 2.05) is 55.5 Å². The highest BCUT2D eigenvalue weighted by Crippen LogP contribution is 2.17. The van der Waals surface area contributed by atoms with Crippen LogP contribution in [-0.2, 0) is 0 Å². The third kappa shape index (κ3) is 4.78. The molecule has 0 bridgehead atoms. The first kappa shape index (κ1) is 14.7. The van der Waals surface area contributed by atoms with E-state index < -0.39 is 0 Å². The molecule has 2 aromatic carbocycles. The van der Waals surface area contributed by atoms with Gasteiger partial charge in [-0.05, 0) is 55.5 Å². The van der Waals surface area contributed by atoms with Gasteiger partial charge in [-0.3, -0.25) is 0 Å². The summed E-state index contributed by atoms with van der Waals surface area (Å²) in [5.74, 6) is 1.72. The van der Waals surface area contributed by atoms with Crippen LogP contribution in [0.2, 0.25) is 0 Å². The first-order chi connectivity index (χ1) is 9.78. The topological polar surface area (TPSA) is 30.5 Å². The second-order valence-corrected chi connectivity index (χ2v) is 5.10. The number of nitrogens with one attached hydrogen (secondary N) is 1. The number of benzene rings is 2. The lowest BCUT2D eigenvalue weighted by Crippen LogP contribution is -2.11. The van der Waals surface area contributed by atoms with Gasteiger partial charge in [-0.2, -0.15) is 0 Å². The van der Waals surface area contributed by atoms with Crippen molar-refractivity contribution in [3.05, 3.63) is 53.0 Å². The Morgan fingerprint density at radius 2 is 1.50 bits per heavy atom. The van der Waals surface area contributed by atoms with Crippen LogP contribution in [0.4, 0.5) is 5.69 Å². The molecule has 0 spiro atoms. The Labute approximate surface area is 128 Å². The van der Waals surface area contributed by atoms with E-state index in [4.69, 9.17) is 9.47 Å². The molecule has 0 aliphatic rings. The summed E-state index contributed by atoms with van der Waals surface area (Å²) < 4.78 is 12.1. The number of hydrogen-bond acceptors (Lipinski definition) is 3. The number of anilines is 1. The molecule has 0 aliphatic heterocycles. The molecule has 2 rings (SSSR count). The molecule has 0 saturated heterocycles. The van der Waals surface area contributed by atoms with E-state index in [0.29, 0.717) is 13.2 Å². The van der Waals surface area contributed by atoms with Crippen LogP contribution in [0.15, 0.2) is 53.0 Å². The van der Waals surface area contributed by atoms with Crippen LogP contribution in [0, 0.1) is 0 Å². The molecule has 0 saturated carbocycles. The van der Waals surface area contributed by atoms with Gasteiger partial charge >= 0.3 is 0 Å². The number of rotatable bonds is 7. The molecule has 0 unspecified atom stereocenters. The first-order valence-corrected chi connectivity index (χ1v) is 7.42. The third-order valence-electron chi connectivity index (χ3n) is 2.68. The fourth-order valence-corrected chi connectivity index (χ4v) is 2.00. The van der Waals surface area contributed by atoms with Crippen molar-refractivity contribution < 1.29 is 9.47 Å². The SMILES string of the molecule is CCOc1ccc(OCCNc2ccc(Br)cc2)cc1. The van der Waals surface area contributed by atoms with E-state index in [9.17, 15) is 0 Å². The van der Waals surface area contributed by atoms with Gasteiger partial charge in [0.15, 0.2) is 0 Å². The van der Waals surface area contributed by atoms with Crippen molar-refractivity contribution >= 4 is 21.6 Å². The predicted octanol–water partition coefficient (Wildman–Crippen LogP) is 4.34. The smallest absolute Gasteiger partial charge is 0.119 e. The van der Waals surface area contributed by atoms with Gasteiger partial charge in [0, 0.05) is 16.7 Å². The molecule has 0 aliphatic carbocycles. The average Bonchev–Trinajstić information content (AvgIpc) is 2.47. The Kier molecular flexibility index (Phi) is 5.74. The summed E-state index contributed by atoms with van der Waals surface area (Å²) in [6.07, 6.45) is 0. The first-order valence-electron chi connectivity index (χ1n) is 6.63. The van der Waals surface area contributed by atoms with E-state index in [2.05, 4.69) is 21.2 Å². The summed E-state index contributed by atoms with van der Waals surface area (Å²) in [6.45, 7) is 4.02.